The minimum atomic E-state index is -5.87. The molecule has 0 aliphatic carbocycles. The van der Waals surface area contributed by atoms with Crippen molar-refractivity contribution >= 4 is 29.6 Å². The molecule has 6 rings (SSSR count). The highest BCUT2D eigenvalue weighted by atomic mass is 19.4. The summed E-state index contributed by atoms with van der Waals surface area (Å²) in [6.45, 7) is 2.66. The second-order valence-electron chi connectivity index (χ2n) is 12.8. The zero-order chi connectivity index (χ0) is 38.2. The number of piperazine rings is 1. The predicted molar refractivity (Wildman–Crippen MR) is 178 cm³/mol. The van der Waals surface area contributed by atoms with Gasteiger partial charge in [0.1, 0.15) is 25.3 Å². The molecule has 2 aromatic carbocycles. The summed E-state index contributed by atoms with van der Waals surface area (Å²) in [5, 5.41) is 2.62. The first kappa shape index (κ1) is 37.4. The molecule has 3 aromatic rings. The number of pyridine rings is 1. The van der Waals surface area contributed by atoms with Crippen LogP contribution in [0.3, 0.4) is 0 Å². The molecule has 2 saturated heterocycles. The summed E-state index contributed by atoms with van der Waals surface area (Å²) in [4.78, 5) is 47.9. The van der Waals surface area contributed by atoms with E-state index in [0.29, 0.717) is 23.6 Å². The van der Waals surface area contributed by atoms with Gasteiger partial charge in [0.05, 0.1) is 6.61 Å². The molecule has 53 heavy (non-hydrogen) atoms. The molecule has 17 heteroatoms. The Morgan fingerprint density at radius 1 is 0.962 bits per heavy atom. The van der Waals surface area contributed by atoms with Crippen molar-refractivity contribution in [2.75, 3.05) is 50.8 Å². The minimum absolute atomic E-state index is 0.0817. The highest BCUT2D eigenvalue weighted by Crippen LogP contribution is 2.54. The van der Waals surface area contributed by atoms with Crippen LogP contribution < -0.4 is 19.7 Å². The van der Waals surface area contributed by atoms with Crippen molar-refractivity contribution < 1.29 is 54.9 Å². The molecule has 1 N–H and O–H groups in total. The van der Waals surface area contributed by atoms with Gasteiger partial charge in [0.2, 0.25) is 5.91 Å². The molecule has 4 heterocycles. The number of urea groups is 1. The number of aromatic nitrogens is 1. The quantitative estimate of drug-likeness (QED) is 0.225. The number of benzene rings is 2. The van der Waals surface area contributed by atoms with Gasteiger partial charge in [-0.25, -0.2) is 9.78 Å². The maximum Gasteiger partial charge on any atom is 0.430 e. The van der Waals surface area contributed by atoms with Crippen LogP contribution in [0.5, 0.6) is 11.6 Å². The number of amides is 4. The third kappa shape index (κ3) is 6.96. The topological polar surface area (TPSA) is 114 Å². The number of fused-ring (bicyclic) bond motifs is 1. The van der Waals surface area contributed by atoms with Crippen molar-refractivity contribution in [2.24, 2.45) is 0 Å². The highest BCUT2D eigenvalue weighted by Gasteiger charge is 2.73. The van der Waals surface area contributed by atoms with E-state index in [1.807, 2.05) is 0 Å². The van der Waals surface area contributed by atoms with Gasteiger partial charge in [0.25, 0.3) is 17.4 Å². The van der Waals surface area contributed by atoms with Crippen molar-refractivity contribution in [1.82, 2.24) is 20.1 Å². The van der Waals surface area contributed by atoms with Crippen LogP contribution in [-0.4, -0.2) is 90.9 Å². The Kier molecular flexibility index (Phi) is 10.1. The maximum atomic E-state index is 14.6. The third-order valence-electron chi connectivity index (χ3n) is 9.39. The maximum absolute atomic E-state index is 14.6. The molecule has 0 radical (unpaired) electrons. The molecule has 2 fully saturated rings. The van der Waals surface area contributed by atoms with Crippen molar-refractivity contribution in [3.05, 3.63) is 89.1 Å². The Morgan fingerprint density at radius 2 is 1.64 bits per heavy atom. The van der Waals surface area contributed by atoms with Crippen LogP contribution in [0.15, 0.2) is 66.9 Å². The van der Waals surface area contributed by atoms with Crippen LogP contribution in [0, 0.1) is 0 Å². The minimum Gasteiger partial charge on any atom is -0.484 e. The zero-order valence-electron chi connectivity index (χ0n) is 28.6. The summed E-state index contributed by atoms with van der Waals surface area (Å²) in [5.41, 5.74) is -6.40. The van der Waals surface area contributed by atoms with E-state index in [4.69, 9.17) is 14.2 Å². The molecule has 282 valence electrons. The third-order valence-corrected chi connectivity index (χ3v) is 9.39. The van der Waals surface area contributed by atoms with Crippen molar-refractivity contribution in [2.45, 2.75) is 43.9 Å². The normalized spacial score (nSPS) is 19.6. The van der Waals surface area contributed by atoms with Crippen molar-refractivity contribution in [1.29, 1.82) is 0 Å². The molecular formula is C36H35F6N5O6. The van der Waals surface area contributed by atoms with Crippen LogP contribution in [-0.2, 0) is 32.1 Å². The fourth-order valence-corrected chi connectivity index (χ4v) is 6.55. The molecular weight excluding hydrogens is 712 g/mol. The number of anilines is 1. The summed E-state index contributed by atoms with van der Waals surface area (Å²) in [7, 11) is 0. The Morgan fingerprint density at radius 3 is 2.30 bits per heavy atom. The number of rotatable bonds is 9. The smallest absolute Gasteiger partial charge is 0.430 e. The Labute approximate surface area is 300 Å². The number of hydrogen-bond acceptors (Lipinski definition) is 8. The lowest BCUT2D eigenvalue weighted by Gasteiger charge is -2.39. The molecule has 11 nitrogen and oxygen atoms in total. The molecule has 3 aliphatic rings. The Hall–Kier alpha value is -5.32. The largest absolute Gasteiger partial charge is 0.484 e. The van der Waals surface area contributed by atoms with E-state index >= 15 is 0 Å². The number of imide groups is 1. The number of carbonyl (C=O) groups excluding carboxylic acids is 3. The fourth-order valence-electron chi connectivity index (χ4n) is 6.55. The number of hydrogen-bond donors (Lipinski definition) is 1. The molecule has 4 amide bonds. The van der Waals surface area contributed by atoms with E-state index in [2.05, 4.69) is 10.3 Å². The number of halogens is 6. The van der Waals surface area contributed by atoms with Crippen molar-refractivity contribution in [3.8, 4) is 11.6 Å². The Bertz CT molecular complexity index is 1880. The first-order chi connectivity index (χ1) is 25.1. The average Bonchev–Trinajstić information content (AvgIpc) is 3.34. The van der Waals surface area contributed by atoms with E-state index < -0.39 is 60.1 Å². The molecule has 1 atom stereocenters. The summed E-state index contributed by atoms with van der Waals surface area (Å²) in [6, 6.07) is 10.8. The second kappa shape index (κ2) is 14.2. The van der Waals surface area contributed by atoms with Gasteiger partial charge >= 0.3 is 18.4 Å². The van der Waals surface area contributed by atoms with Gasteiger partial charge in [-0.15, -0.1) is 0 Å². The summed E-state index contributed by atoms with van der Waals surface area (Å²) in [6.07, 6.45) is -7.46. The summed E-state index contributed by atoms with van der Waals surface area (Å²) >= 11 is 0. The molecule has 1 aromatic heterocycles. The van der Waals surface area contributed by atoms with E-state index in [1.54, 1.807) is 24.0 Å². The predicted octanol–water partition coefficient (Wildman–Crippen LogP) is 5.54. The van der Waals surface area contributed by atoms with E-state index in [1.165, 1.54) is 60.5 Å². The summed E-state index contributed by atoms with van der Waals surface area (Å²) < 4.78 is 103. The number of alkyl halides is 6. The first-order valence-electron chi connectivity index (χ1n) is 16.6. The molecule has 0 bridgehead atoms. The molecule has 0 saturated carbocycles. The number of allylic oxidation sites excluding steroid dienone is 1. The van der Waals surface area contributed by atoms with Crippen molar-refractivity contribution in [3.63, 3.8) is 0 Å². The first-order valence-corrected chi connectivity index (χ1v) is 16.6. The lowest BCUT2D eigenvalue weighted by molar-refractivity contribution is -0.392. The van der Waals surface area contributed by atoms with Gasteiger partial charge < -0.3 is 29.3 Å². The van der Waals surface area contributed by atoms with Gasteiger partial charge in [0, 0.05) is 49.2 Å². The average molecular weight is 748 g/mol. The van der Waals surface area contributed by atoms with Gasteiger partial charge in [-0.05, 0) is 43.2 Å². The molecule has 3 aliphatic heterocycles. The van der Waals surface area contributed by atoms with Crippen LogP contribution in [0.1, 0.15) is 36.1 Å². The lowest BCUT2D eigenvalue weighted by atomic mass is 9.89. The Balaban J connectivity index is 1.16. The standard InChI is InChI=1S/C36H35F6N5O6/c1-3-7-24-18-25(34(35(37,38)39,36(40,41)42)53-22-23-8-5-4-6-9-23)10-11-27(24)45-12-14-46(15-13-45)29(48)21-47-31(49)33(2,44-32(47)50)26-19-28-30(43-20-26)52-17-16-51-28/h3-11,18-20H,12-17,21-22H2,1-2H3,(H,44,50)/b7-3-. The lowest BCUT2D eigenvalue weighted by Crippen LogP contribution is -2.56. The number of ether oxygens (including phenoxy) is 3. The summed E-state index contributed by atoms with van der Waals surface area (Å²) in [5.74, 6) is -0.639. The second-order valence-corrected chi connectivity index (χ2v) is 12.8. The van der Waals surface area contributed by atoms with E-state index in [0.717, 1.165) is 17.0 Å². The van der Waals surface area contributed by atoms with Crippen LogP contribution in [0.2, 0.25) is 0 Å². The van der Waals surface area contributed by atoms with Gasteiger partial charge in [0.15, 0.2) is 5.75 Å². The SMILES string of the molecule is C/C=C\c1cc(C(OCc2ccccc2)(C(F)(F)F)C(F)(F)F)ccc1N1CCN(C(=O)CN2C(=O)NC(C)(c3cnc4c(c3)OCCO4)C2=O)CC1. The zero-order valence-corrected chi connectivity index (χ0v) is 28.6. The van der Waals surface area contributed by atoms with Crippen LogP contribution >= 0.6 is 0 Å². The fraction of sp³-hybridized carbons (Fsp3) is 0.389. The van der Waals surface area contributed by atoms with E-state index in [-0.39, 0.29) is 49.8 Å². The van der Waals surface area contributed by atoms with Crippen LogP contribution in [0.4, 0.5) is 36.8 Å². The van der Waals surface area contributed by atoms with Crippen LogP contribution in [0.25, 0.3) is 6.08 Å². The molecule has 1 unspecified atom stereocenters. The van der Waals surface area contributed by atoms with E-state index in [9.17, 15) is 40.7 Å². The number of nitrogens with one attached hydrogen (secondary N) is 1. The number of carbonyl (C=O) groups is 3. The van der Waals surface area contributed by atoms with Gasteiger partial charge in [-0.3, -0.25) is 14.5 Å². The van der Waals surface area contributed by atoms with Gasteiger partial charge in [-0.1, -0.05) is 48.6 Å². The monoisotopic (exact) mass is 747 g/mol. The highest BCUT2D eigenvalue weighted by molar-refractivity contribution is 6.09. The molecule has 0 spiro atoms. The van der Waals surface area contributed by atoms with Gasteiger partial charge in [-0.2, -0.15) is 26.3 Å². The number of nitrogens with zero attached hydrogens (tertiary/aromatic N) is 4.